The van der Waals surface area contributed by atoms with Crippen molar-refractivity contribution in [3.8, 4) is 11.5 Å². The summed E-state index contributed by atoms with van der Waals surface area (Å²) in [5.74, 6) is 1.22. The Morgan fingerprint density at radius 3 is 2.40 bits per heavy atom. The number of nitrogens with zero attached hydrogens (tertiary/aromatic N) is 2. The number of hydrogen-bond acceptors (Lipinski definition) is 6. The molecule has 1 unspecified atom stereocenters. The molecule has 1 atom stereocenters. The monoisotopic (exact) mass is 412 g/mol. The average Bonchev–Trinajstić information content (AvgIpc) is 3.04. The maximum atomic E-state index is 13.1. The van der Waals surface area contributed by atoms with Gasteiger partial charge in [-0.1, -0.05) is 12.1 Å². The molecule has 1 aromatic heterocycles. The van der Waals surface area contributed by atoms with E-state index in [9.17, 15) is 9.90 Å². The van der Waals surface area contributed by atoms with Crippen molar-refractivity contribution in [2.75, 3.05) is 13.2 Å². The van der Waals surface area contributed by atoms with Gasteiger partial charge < -0.3 is 19.3 Å². The second kappa shape index (κ2) is 8.75. The summed E-state index contributed by atoms with van der Waals surface area (Å²) in [6, 6.07) is 12.0. The van der Waals surface area contributed by atoms with Gasteiger partial charge in [0.2, 0.25) is 0 Å². The molecule has 0 fully saturated rings. The van der Waals surface area contributed by atoms with E-state index in [0.29, 0.717) is 35.8 Å². The number of aromatic hydroxyl groups is 1. The normalized spacial score (nSPS) is 12.7. The smallest absolute Gasteiger partial charge is 0.420 e. The van der Waals surface area contributed by atoms with Gasteiger partial charge in [-0.2, -0.15) is 0 Å². The summed E-state index contributed by atoms with van der Waals surface area (Å²) in [4.78, 5) is 17.9. The van der Waals surface area contributed by atoms with Crippen LogP contribution in [0, 0.1) is 0 Å². The molecule has 0 saturated heterocycles. The lowest BCUT2D eigenvalue weighted by molar-refractivity contribution is 0.0486. The van der Waals surface area contributed by atoms with E-state index in [4.69, 9.17) is 19.2 Å². The lowest BCUT2D eigenvalue weighted by Crippen LogP contribution is -2.29. The number of fused-ring (bicyclic) bond motifs is 1. The fourth-order valence-corrected chi connectivity index (χ4v) is 3.15. The van der Waals surface area contributed by atoms with E-state index in [1.807, 2.05) is 34.6 Å². The SMILES string of the molecule is CCOc1ccc2c(c1)nc(C(OCC)c1ccc(O)cc1)n2C(=O)OC(C)(C)C. The molecule has 30 heavy (non-hydrogen) atoms. The van der Waals surface area contributed by atoms with E-state index in [1.54, 1.807) is 42.5 Å². The van der Waals surface area contributed by atoms with Crippen LogP contribution in [0.5, 0.6) is 11.5 Å². The summed E-state index contributed by atoms with van der Waals surface area (Å²) >= 11 is 0. The zero-order valence-corrected chi connectivity index (χ0v) is 18.0. The molecular weight excluding hydrogens is 384 g/mol. The number of hydrogen-bond donors (Lipinski definition) is 1. The van der Waals surface area contributed by atoms with Crippen molar-refractivity contribution in [2.24, 2.45) is 0 Å². The van der Waals surface area contributed by atoms with Crippen LogP contribution in [0.2, 0.25) is 0 Å². The quantitative estimate of drug-likeness (QED) is 0.610. The summed E-state index contributed by atoms with van der Waals surface area (Å²) in [6.45, 7) is 10.2. The van der Waals surface area contributed by atoms with Gasteiger partial charge in [0, 0.05) is 12.7 Å². The molecule has 3 aromatic rings. The molecule has 2 aromatic carbocycles. The first-order chi connectivity index (χ1) is 14.2. The molecular formula is C23H28N2O5. The van der Waals surface area contributed by atoms with E-state index in [-0.39, 0.29) is 5.75 Å². The number of carbonyl (C=O) groups is 1. The van der Waals surface area contributed by atoms with E-state index in [1.165, 1.54) is 4.57 Å². The number of aromatic nitrogens is 2. The Morgan fingerprint density at radius 1 is 1.10 bits per heavy atom. The van der Waals surface area contributed by atoms with Gasteiger partial charge >= 0.3 is 6.09 Å². The predicted molar refractivity (Wildman–Crippen MR) is 114 cm³/mol. The molecule has 7 heteroatoms. The second-order valence-corrected chi connectivity index (χ2v) is 7.80. The highest BCUT2D eigenvalue weighted by Crippen LogP contribution is 2.32. The largest absolute Gasteiger partial charge is 0.508 e. The number of benzene rings is 2. The van der Waals surface area contributed by atoms with Crippen LogP contribution in [0.1, 0.15) is 52.1 Å². The summed E-state index contributed by atoms with van der Waals surface area (Å²) in [6.07, 6.45) is -1.15. The van der Waals surface area contributed by atoms with Gasteiger partial charge in [0.05, 0.1) is 17.6 Å². The minimum Gasteiger partial charge on any atom is -0.508 e. The number of imidazole rings is 1. The van der Waals surface area contributed by atoms with Crippen molar-refractivity contribution < 1.29 is 24.1 Å². The Labute approximate surface area is 176 Å². The highest BCUT2D eigenvalue weighted by Gasteiger charge is 2.29. The highest BCUT2D eigenvalue weighted by atomic mass is 16.6. The second-order valence-electron chi connectivity index (χ2n) is 7.80. The van der Waals surface area contributed by atoms with Crippen molar-refractivity contribution in [3.05, 3.63) is 53.9 Å². The standard InChI is InChI=1S/C23H28N2O5/c1-6-28-17-12-13-19-18(14-17)24-21(25(19)22(27)30-23(3,4)5)20(29-7-2)15-8-10-16(26)11-9-15/h8-14,20,26H,6-7H2,1-5H3. The fourth-order valence-electron chi connectivity index (χ4n) is 3.15. The maximum absolute atomic E-state index is 13.1. The number of carbonyl (C=O) groups excluding carboxylic acids is 1. The van der Waals surface area contributed by atoms with Crippen molar-refractivity contribution in [1.29, 1.82) is 0 Å². The average molecular weight is 412 g/mol. The lowest BCUT2D eigenvalue weighted by atomic mass is 10.1. The Hall–Kier alpha value is -3.06. The van der Waals surface area contributed by atoms with Crippen molar-refractivity contribution in [3.63, 3.8) is 0 Å². The minimum absolute atomic E-state index is 0.149. The Morgan fingerprint density at radius 2 is 1.80 bits per heavy atom. The molecule has 0 spiro atoms. The molecule has 0 bridgehead atoms. The Bertz CT molecular complexity index is 1020. The van der Waals surface area contributed by atoms with Crippen LogP contribution in [-0.4, -0.2) is 39.6 Å². The van der Waals surface area contributed by atoms with Crippen LogP contribution in [-0.2, 0) is 9.47 Å². The first-order valence-corrected chi connectivity index (χ1v) is 10.0. The Kier molecular flexibility index (Phi) is 6.31. The van der Waals surface area contributed by atoms with Crippen molar-refractivity contribution in [2.45, 2.75) is 46.3 Å². The summed E-state index contributed by atoms with van der Waals surface area (Å²) in [7, 11) is 0. The van der Waals surface area contributed by atoms with Gasteiger partial charge in [0.25, 0.3) is 0 Å². The summed E-state index contributed by atoms with van der Waals surface area (Å²) < 4.78 is 18.7. The topological polar surface area (TPSA) is 82.8 Å². The summed E-state index contributed by atoms with van der Waals surface area (Å²) in [5.41, 5.74) is 1.30. The van der Waals surface area contributed by atoms with Gasteiger partial charge in [-0.15, -0.1) is 0 Å². The van der Waals surface area contributed by atoms with E-state index in [0.717, 1.165) is 5.56 Å². The first kappa shape index (κ1) is 21.6. The molecule has 1 N–H and O–H groups in total. The van der Waals surface area contributed by atoms with Crippen LogP contribution in [0.15, 0.2) is 42.5 Å². The molecule has 160 valence electrons. The van der Waals surface area contributed by atoms with Gasteiger partial charge in [0.1, 0.15) is 23.2 Å². The zero-order chi connectivity index (χ0) is 21.9. The third-order valence-corrected chi connectivity index (χ3v) is 4.30. The van der Waals surface area contributed by atoms with Crippen LogP contribution >= 0.6 is 0 Å². The third kappa shape index (κ3) is 4.74. The fraction of sp³-hybridized carbons (Fsp3) is 0.391. The molecule has 3 rings (SSSR count). The number of phenolic OH excluding ortho intramolecular Hbond substituents is 1. The number of phenols is 1. The van der Waals surface area contributed by atoms with Gasteiger partial charge in [-0.3, -0.25) is 0 Å². The summed E-state index contributed by atoms with van der Waals surface area (Å²) in [5, 5.41) is 9.66. The van der Waals surface area contributed by atoms with E-state index < -0.39 is 17.8 Å². The highest BCUT2D eigenvalue weighted by molar-refractivity contribution is 5.88. The minimum atomic E-state index is -0.671. The molecule has 0 aliphatic rings. The molecule has 7 nitrogen and oxygen atoms in total. The zero-order valence-electron chi connectivity index (χ0n) is 18.0. The molecule has 0 radical (unpaired) electrons. The molecule has 0 amide bonds. The van der Waals surface area contributed by atoms with E-state index in [2.05, 4.69) is 0 Å². The number of rotatable bonds is 6. The van der Waals surface area contributed by atoms with Crippen LogP contribution in [0.4, 0.5) is 4.79 Å². The van der Waals surface area contributed by atoms with Gasteiger partial charge in [0.15, 0.2) is 5.82 Å². The van der Waals surface area contributed by atoms with Gasteiger partial charge in [-0.25, -0.2) is 14.3 Å². The molecule has 0 aliphatic heterocycles. The van der Waals surface area contributed by atoms with Crippen LogP contribution in [0.3, 0.4) is 0 Å². The van der Waals surface area contributed by atoms with Crippen LogP contribution < -0.4 is 4.74 Å². The Balaban J connectivity index is 2.19. The molecule has 0 saturated carbocycles. The first-order valence-electron chi connectivity index (χ1n) is 10.0. The number of ether oxygens (including phenoxy) is 3. The van der Waals surface area contributed by atoms with Crippen molar-refractivity contribution in [1.82, 2.24) is 9.55 Å². The van der Waals surface area contributed by atoms with Gasteiger partial charge in [-0.05, 0) is 64.4 Å². The van der Waals surface area contributed by atoms with Crippen LogP contribution in [0.25, 0.3) is 11.0 Å². The van der Waals surface area contributed by atoms with Crippen molar-refractivity contribution >= 4 is 17.1 Å². The lowest BCUT2D eigenvalue weighted by Gasteiger charge is -2.22. The molecule has 0 aliphatic carbocycles. The predicted octanol–water partition coefficient (Wildman–Crippen LogP) is 5.05. The maximum Gasteiger partial charge on any atom is 0.420 e. The third-order valence-electron chi connectivity index (χ3n) is 4.30. The van der Waals surface area contributed by atoms with E-state index >= 15 is 0 Å². The molecule has 1 heterocycles.